The predicted octanol–water partition coefficient (Wildman–Crippen LogP) is 1.15. The molecule has 86 valence electrons. The maximum Gasteiger partial charge on any atom is 0.148 e. The number of sulfone groups is 1. The molecule has 1 unspecified atom stereocenters. The van der Waals surface area contributed by atoms with Crippen LogP contribution in [0.15, 0.2) is 5.38 Å². The number of aromatic nitrogens is 1. The Labute approximate surface area is 94.7 Å². The molecule has 1 N–H and O–H groups in total. The summed E-state index contributed by atoms with van der Waals surface area (Å²) in [7, 11) is -2.88. The van der Waals surface area contributed by atoms with Crippen LogP contribution in [0.2, 0.25) is 0 Å². The van der Waals surface area contributed by atoms with Crippen molar-refractivity contribution in [1.82, 2.24) is 10.3 Å². The zero-order valence-electron chi connectivity index (χ0n) is 9.15. The number of nitrogens with zero attached hydrogens (tertiary/aromatic N) is 1. The molecule has 1 aromatic rings. The Kier molecular flexibility index (Phi) is 4.24. The minimum absolute atomic E-state index is 0.108. The molecule has 0 bridgehead atoms. The lowest BCUT2D eigenvalue weighted by molar-refractivity contribution is 0.569. The molecule has 0 saturated heterocycles. The number of hydrogen-bond donors (Lipinski definition) is 1. The second-order valence-corrected chi connectivity index (χ2v) is 6.92. The third-order valence-electron chi connectivity index (χ3n) is 2.00. The Hall–Kier alpha value is -0.460. The zero-order chi connectivity index (χ0) is 11.5. The lowest BCUT2D eigenvalue weighted by Gasteiger charge is -2.10. The first-order valence-electron chi connectivity index (χ1n) is 4.71. The van der Waals surface area contributed by atoms with Crippen LogP contribution in [0, 0.1) is 6.92 Å². The van der Waals surface area contributed by atoms with E-state index in [1.165, 1.54) is 6.26 Å². The third-order valence-corrected chi connectivity index (χ3v) is 3.74. The van der Waals surface area contributed by atoms with Crippen molar-refractivity contribution in [2.75, 3.05) is 18.6 Å². The zero-order valence-corrected chi connectivity index (χ0v) is 10.8. The van der Waals surface area contributed by atoms with Crippen LogP contribution in [0.4, 0.5) is 0 Å². The number of thiazole rings is 1. The van der Waals surface area contributed by atoms with Crippen molar-refractivity contribution in [1.29, 1.82) is 0 Å². The van der Waals surface area contributed by atoms with Gasteiger partial charge in [-0.2, -0.15) is 0 Å². The molecule has 0 aliphatic rings. The van der Waals surface area contributed by atoms with Crippen molar-refractivity contribution in [2.45, 2.75) is 19.9 Å². The van der Waals surface area contributed by atoms with Gasteiger partial charge in [-0.25, -0.2) is 13.4 Å². The summed E-state index contributed by atoms with van der Waals surface area (Å²) in [5, 5.41) is 6.16. The summed E-state index contributed by atoms with van der Waals surface area (Å²) in [4.78, 5) is 4.33. The van der Waals surface area contributed by atoms with Gasteiger partial charge in [0, 0.05) is 24.2 Å². The molecule has 6 heteroatoms. The SMILES string of the molecule is Cc1nc(C(C)NCCS(C)(=O)=O)cs1. The van der Waals surface area contributed by atoms with E-state index < -0.39 is 9.84 Å². The van der Waals surface area contributed by atoms with Crippen LogP contribution in [0.5, 0.6) is 0 Å². The lowest BCUT2D eigenvalue weighted by Crippen LogP contribution is -2.25. The van der Waals surface area contributed by atoms with Crippen molar-refractivity contribution >= 4 is 21.2 Å². The summed E-state index contributed by atoms with van der Waals surface area (Å²) in [6.45, 7) is 4.41. The van der Waals surface area contributed by atoms with E-state index in [9.17, 15) is 8.42 Å². The van der Waals surface area contributed by atoms with Gasteiger partial charge in [-0.1, -0.05) is 0 Å². The van der Waals surface area contributed by atoms with Crippen molar-refractivity contribution in [3.63, 3.8) is 0 Å². The summed E-state index contributed by atoms with van der Waals surface area (Å²) in [5.41, 5.74) is 0.978. The van der Waals surface area contributed by atoms with Gasteiger partial charge >= 0.3 is 0 Å². The van der Waals surface area contributed by atoms with E-state index in [0.29, 0.717) is 6.54 Å². The van der Waals surface area contributed by atoms with Crippen LogP contribution < -0.4 is 5.32 Å². The fraction of sp³-hybridized carbons (Fsp3) is 0.667. The fourth-order valence-corrected chi connectivity index (χ4v) is 2.34. The molecule has 0 amide bonds. The van der Waals surface area contributed by atoms with Crippen LogP contribution in [0.25, 0.3) is 0 Å². The molecule has 0 fully saturated rings. The quantitative estimate of drug-likeness (QED) is 0.849. The minimum Gasteiger partial charge on any atom is -0.308 e. The number of nitrogens with one attached hydrogen (secondary N) is 1. The van der Waals surface area contributed by atoms with E-state index in [2.05, 4.69) is 10.3 Å². The molecule has 0 aliphatic carbocycles. The van der Waals surface area contributed by atoms with Crippen LogP contribution >= 0.6 is 11.3 Å². The van der Waals surface area contributed by atoms with Crippen molar-refractivity contribution in [3.8, 4) is 0 Å². The van der Waals surface area contributed by atoms with E-state index in [0.717, 1.165) is 10.7 Å². The van der Waals surface area contributed by atoms with Crippen LogP contribution in [0.3, 0.4) is 0 Å². The standard InChI is InChI=1S/C9H16N2O2S2/c1-7(9-6-14-8(2)11-9)10-4-5-15(3,12)13/h6-7,10H,4-5H2,1-3H3. The van der Waals surface area contributed by atoms with E-state index in [1.54, 1.807) is 11.3 Å². The normalized spacial score (nSPS) is 14.1. The van der Waals surface area contributed by atoms with Crippen molar-refractivity contribution < 1.29 is 8.42 Å². The van der Waals surface area contributed by atoms with Gasteiger partial charge < -0.3 is 5.32 Å². The summed E-state index contributed by atoms with van der Waals surface area (Å²) in [5.74, 6) is 0.167. The Morgan fingerprint density at radius 2 is 2.27 bits per heavy atom. The Morgan fingerprint density at radius 3 is 2.73 bits per heavy atom. The third kappa shape index (κ3) is 4.72. The predicted molar refractivity (Wildman–Crippen MR) is 63.0 cm³/mol. The van der Waals surface area contributed by atoms with Gasteiger partial charge in [0.25, 0.3) is 0 Å². The van der Waals surface area contributed by atoms with Gasteiger partial charge in [-0.15, -0.1) is 11.3 Å². The smallest absolute Gasteiger partial charge is 0.148 e. The molecule has 4 nitrogen and oxygen atoms in total. The first-order chi connectivity index (χ1) is 6.88. The van der Waals surface area contributed by atoms with Gasteiger partial charge in [0.15, 0.2) is 0 Å². The molecule has 15 heavy (non-hydrogen) atoms. The molecule has 0 saturated carbocycles. The summed E-state index contributed by atoms with van der Waals surface area (Å²) < 4.78 is 21.8. The van der Waals surface area contributed by atoms with Crippen LogP contribution in [-0.2, 0) is 9.84 Å². The molecule has 0 aliphatic heterocycles. The topological polar surface area (TPSA) is 59.1 Å². The van der Waals surface area contributed by atoms with Gasteiger partial charge in [-0.05, 0) is 13.8 Å². The maximum atomic E-state index is 10.9. The van der Waals surface area contributed by atoms with Gasteiger partial charge in [-0.3, -0.25) is 0 Å². The van der Waals surface area contributed by atoms with Crippen molar-refractivity contribution in [3.05, 3.63) is 16.1 Å². The summed E-state index contributed by atoms with van der Waals surface area (Å²) >= 11 is 1.60. The van der Waals surface area contributed by atoms with E-state index in [1.807, 2.05) is 19.2 Å². The van der Waals surface area contributed by atoms with Gasteiger partial charge in [0.05, 0.1) is 16.5 Å². The molecule has 0 aromatic carbocycles. The Morgan fingerprint density at radius 1 is 1.60 bits per heavy atom. The molecule has 1 aromatic heterocycles. The molecule has 1 atom stereocenters. The number of rotatable bonds is 5. The maximum absolute atomic E-state index is 10.9. The highest BCUT2D eigenvalue weighted by molar-refractivity contribution is 7.90. The second kappa shape index (κ2) is 5.05. The molecule has 0 radical (unpaired) electrons. The van der Waals surface area contributed by atoms with Crippen LogP contribution in [0.1, 0.15) is 23.7 Å². The highest BCUT2D eigenvalue weighted by Gasteiger charge is 2.09. The first kappa shape index (κ1) is 12.6. The van der Waals surface area contributed by atoms with Gasteiger partial charge in [0.2, 0.25) is 0 Å². The van der Waals surface area contributed by atoms with E-state index in [-0.39, 0.29) is 11.8 Å². The Balaban J connectivity index is 2.40. The molecular weight excluding hydrogens is 232 g/mol. The highest BCUT2D eigenvalue weighted by Crippen LogP contribution is 2.15. The molecule has 0 spiro atoms. The fourth-order valence-electron chi connectivity index (χ4n) is 1.14. The van der Waals surface area contributed by atoms with E-state index in [4.69, 9.17) is 0 Å². The summed E-state index contributed by atoms with van der Waals surface area (Å²) in [6.07, 6.45) is 1.24. The molecule has 1 rings (SSSR count). The average molecular weight is 248 g/mol. The largest absolute Gasteiger partial charge is 0.308 e. The Bertz CT molecular complexity index is 412. The number of hydrogen-bond acceptors (Lipinski definition) is 5. The lowest BCUT2D eigenvalue weighted by atomic mass is 10.2. The second-order valence-electron chi connectivity index (χ2n) is 3.60. The molecular formula is C9H16N2O2S2. The highest BCUT2D eigenvalue weighted by atomic mass is 32.2. The summed E-state index contributed by atoms with van der Waals surface area (Å²) in [6, 6.07) is 0.108. The minimum atomic E-state index is -2.88. The van der Waals surface area contributed by atoms with Gasteiger partial charge in [0.1, 0.15) is 9.84 Å². The monoisotopic (exact) mass is 248 g/mol. The van der Waals surface area contributed by atoms with E-state index >= 15 is 0 Å². The van der Waals surface area contributed by atoms with Crippen LogP contribution in [-0.4, -0.2) is 32.0 Å². The van der Waals surface area contributed by atoms with Crippen molar-refractivity contribution in [2.24, 2.45) is 0 Å². The number of aryl methyl sites for hydroxylation is 1. The average Bonchev–Trinajstić information content (AvgIpc) is 2.49. The molecule has 1 heterocycles. The first-order valence-corrected chi connectivity index (χ1v) is 7.65.